The number of benzene rings is 3. The summed E-state index contributed by atoms with van der Waals surface area (Å²) < 4.78 is 39.3. The van der Waals surface area contributed by atoms with E-state index in [1.807, 2.05) is 6.92 Å². The van der Waals surface area contributed by atoms with Gasteiger partial charge < -0.3 is 9.47 Å². The van der Waals surface area contributed by atoms with Gasteiger partial charge in [0.2, 0.25) is 10.0 Å². The lowest BCUT2D eigenvalue weighted by molar-refractivity contribution is 0.0982. The number of hydrogen-bond acceptors (Lipinski definition) is 5. The maximum atomic E-state index is 13.2. The van der Waals surface area contributed by atoms with Crippen molar-refractivity contribution >= 4 is 31.7 Å². The number of ketones is 1. The summed E-state index contributed by atoms with van der Waals surface area (Å²) in [6, 6.07) is 19.3. The second-order valence-electron chi connectivity index (χ2n) is 7.18. The lowest BCUT2D eigenvalue weighted by Crippen LogP contribution is -2.37. The van der Waals surface area contributed by atoms with E-state index in [2.05, 4.69) is 20.7 Å². The molecule has 0 aliphatic rings. The smallest absolute Gasteiger partial charge is 0.241 e. The summed E-state index contributed by atoms with van der Waals surface area (Å²) in [5.41, 5.74) is 2.00. The molecule has 0 aliphatic carbocycles. The van der Waals surface area contributed by atoms with Crippen LogP contribution in [0.25, 0.3) is 0 Å². The minimum atomic E-state index is -3.89. The number of methoxy groups -OCH3 is 2. The predicted octanol–water partition coefficient (Wildman–Crippen LogP) is 4.68. The van der Waals surface area contributed by atoms with E-state index in [0.29, 0.717) is 22.6 Å². The maximum Gasteiger partial charge on any atom is 0.241 e. The zero-order chi connectivity index (χ0) is 23.3. The number of halogens is 1. The SMILES string of the molecule is COc1ccc(C(=O)[C@@H](Br)[C@@H](NS(=O)(=O)c2ccc(C)cc2)c2ccc(OC)cc2)cc1. The van der Waals surface area contributed by atoms with Crippen LogP contribution in [-0.4, -0.2) is 33.2 Å². The van der Waals surface area contributed by atoms with Gasteiger partial charge >= 0.3 is 0 Å². The van der Waals surface area contributed by atoms with E-state index in [0.717, 1.165) is 5.56 Å². The molecular formula is C24H24BrNO5S. The van der Waals surface area contributed by atoms with Crippen molar-refractivity contribution in [1.82, 2.24) is 4.72 Å². The molecule has 0 saturated carbocycles. The van der Waals surface area contributed by atoms with Gasteiger partial charge in [-0.3, -0.25) is 4.79 Å². The third-order valence-corrected chi connectivity index (χ3v) is 7.41. The van der Waals surface area contributed by atoms with Crippen molar-refractivity contribution in [2.75, 3.05) is 14.2 Å². The minimum absolute atomic E-state index is 0.123. The highest BCUT2D eigenvalue weighted by atomic mass is 79.9. The largest absolute Gasteiger partial charge is 0.497 e. The van der Waals surface area contributed by atoms with Crippen molar-refractivity contribution < 1.29 is 22.7 Å². The number of sulfonamides is 1. The second kappa shape index (κ2) is 10.3. The molecule has 6 nitrogen and oxygen atoms in total. The van der Waals surface area contributed by atoms with Crippen LogP contribution in [0, 0.1) is 6.92 Å². The number of Topliss-reactive ketones (excluding diaryl/α,β-unsaturated/α-hetero) is 1. The number of carbonyl (C=O) groups excluding carboxylic acids is 1. The van der Waals surface area contributed by atoms with Crippen molar-refractivity contribution in [2.45, 2.75) is 22.7 Å². The molecule has 3 aromatic rings. The van der Waals surface area contributed by atoms with Gasteiger partial charge in [-0.15, -0.1) is 0 Å². The van der Waals surface area contributed by atoms with E-state index >= 15 is 0 Å². The molecule has 168 valence electrons. The number of alkyl halides is 1. The van der Waals surface area contributed by atoms with Crippen molar-refractivity contribution in [3.8, 4) is 11.5 Å². The summed E-state index contributed by atoms with van der Waals surface area (Å²) >= 11 is 3.45. The van der Waals surface area contributed by atoms with Gasteiger partial charge in [-0.2, -0.15) is 0 Å². The van der Waals surface area contributed by atoms with E-state index in [4.69, 9.17) is 9.47 Å². The fraction of sp³-hybridized carbons (Fsp3) is 0.208. The zero-order valence-electron chi connectivity index (χ0n) is 17.9. The van der Waals surface area contributed by atoms with Crippen LogP contribution in [0.4, 0.5) is 0 Å². The van der Waals surface area contributed by atoms with Crippen LogP contribution >= 0.6 is 15.9 Å². The lowest BCUT2D eigenvalue weighted by Gasteiger charge is -2.24. The quantitative estimate of drug-likeness (QED) is 0.329. The summed E-state index contributed by atoms with van der Waals surface area (Å²) in [7, 11) is -0.801. The molecule has 0 saturated heterocycles. The first-order chi connectivity index (χ1) is 15.2. The first-order valence-corrected chi connectivity index (χ1v) is 12.2. The Balaban J connectivity index is 1.97. The molecule has 0 fully saturated rings. The Morgan fingerprint density at radius 3 is 1.84 bits per heavy atom. The maximum absolute atomic E-state index is 13.2. The van der Waals surface area contributed by atoms with Crippen LogP contribution in [-0.2, 0) is 10.0 Å². The second-order valence-corrected chi connectivity index (χ2v) is 9.88. The number of aryl methyl sites for hydroxylation is 1. The fourth-order valence-electron chi connectivity index (χ4n) is 3.13. The topological polar surface area (TPSA) is 81.7 Å². The highest BCUT2D eigenvalue weighted by molar-refractivity contribution is 9.10. The summed E-state index contributed by atoms with van der Waals surface area (Å²) in [5, 5.41) is 0. The Kier molecular flexibility index (Phi) is 7.71. The standard InChI is InChI=1S/C24H24BrNO5S/c1-16-4-14-21(15-5-16)32(28,29)26-23(17-6-10-19(30-2)11-7-17)22(25)24(27)18-8-12-20(31-3)13-9-18/h4-15,22-23,26H,1-3H3/t22-,23-/m0/s1. The summed E-state index contributed by atoms with van der Waals surface area (Å²) in [6.45, 7) is 1.88. The molecule has 3 rings (SSSR count). The average Bonchev–Trinajstić information content (AvgIpc) is 2.82. The fourth-order valence-corrected chi connectivity index (χ4v) is 5.24. The molecule has 0 amide bonds. The molecule has 0 spiro atoms. The van der Waals surface area contributed by atoms with Crippen LogP contribution < -0.4 is 14.2 Å². The summed E-state index contributed by atoms with van der Waals surface area (Å²) in [6.07, 6.45) is 0. The summed E-state index contributed by atoms with van der Waals surface area (Å²) in [4.78, 5) is 12.5. The predicted molar refractivity (Wildman–Crippen MR) is 127 cm³/mol. The average molecular weight is 518 g/mol. The van der Waals surface area contributed by atoms with E-state index in [1.165, 1.54) is 12.1 Å². The molecule has 0 aromatic heterocycles. The van der Waals surface area contributed by atoms with Crippen LogP contribution in [0.15, 0.2) is 77.7 Å². The van der Waals surface area contributed by atoms with E-state index in [1.54, 1.807) is 74.9 Å². The molecule has 0 bridgehead atoms. The van der Waals surface area contributed by atoms with Crippen LogP contribution in [0.2, 0.25) is 0 Å². The van der Waals surface area contributed by atoms with Gasteiger partial charge in [0.15, 0.2) is 5.78 Å². The number of carbonyl (C=O) groups is 1. The minimum Gasteiger partial charge on any atom is -0.497 e. The first-order valence-electron chi connectivity index (χ1n) is 9.80. The molecule has 0 unspecified atom stereocenters. The Labute approximate surface area is 196 Å². The molecule has 0 radical (unpaired) electrons. The molecule has 1 N–H and O–H groups in total. The van der Waals surface area contributed by atoms with Crippen LogP contribution in [0.3, 0.4) is 0 Å². The van der Waals surface area contributed by atoms with Crippen molar-refractivity contribution in [3.63, 3.8) is 0 Å². The number of nitrogens with one attached hydrogen (secondary N) is 1. The Bertz CT molecular complexity index is 1160. The van der Waals surface area contributed by atoms with Gasteiger partial charge in [-0.05, 0) is 61.0 Å². The monoisotopic (exact) mass is 517 g/mol. The van der Waals surface area contributed by atoms with Gasteiger partial charge in [-0.25, -0.2) is 13.1 Å². The van der Waals surface area contributed by atoms with Crippen molar-refractivity contribution in [3.05, 3.63) is 89.5 Å². The normalized spacial score (nSPS) is 13.2. The third-order valence-electron chi connectivity index (χ3n) is 5.01. The molecular weight excluding hydrogens is 494 g/mol. The highest BCUT2D eigenvalue weighted by Gasteiger charge is 2.32. The molecule has 3 aromatic carbocycles. The summed E-state index contributed by atoms with van der Waals surface area (Å²) in [5.74, 6) is 0.987. The highest BCUT2D eigenvalue weighted by Crippen LogP contribution is 2.30. The number of ether oxygens (including phenoxy) is 2. The zero-order valence-corrected chi connectivity index (χ0v) is 20.3. The van der Waals surface area contributed by atoms with Gasteiger partial charge in [0.25, 0.3) is 0 Å². The lowest BCUT2D eigenvalue weighted by atomic mass is 9.98. The van der Waals surface area contributed by atoms with Gasteiger partial charge in [0, 0.05) is 5.56 Å². The van der Waals surface area contributed by atoms with Crippen LogP contribution in [0.1, 0.15) is 27.5 Å². The molecule has 0 heterocycles. The Morgan fingerprint density at radius 1 is 0.844 bits per heavy atom. The third kappa shape index (κ3) is 5.56. The van der Waals surface area contributed by atoms with Crippen LogP contribution in [0.5, 0.6) is 11.5 Å². The molecule has 32 heavy (non-hydrogen) atoms. The van der Waals surface area contributed by atoms with Gasteiger partial charge in [0.05, 0.1) is 30.0 Å². The molecule has 0 aliphatic heterocycles. The van der Waals surface area contributed by atoms with E-state index in [-0.39, 0.29) is 10.7 Å². The van der Waals surface area contributed by atoms with Gasteiger partial charge in [0.1, 0.15) is 11.5 Å². The van der Waals surface area contributed by atoms with Gasteiger partial charge in [-0.1, -0.05) is 45.8 Å². The molecule has 2 atom stereocenters. The number of rotatable bonds is 9. The Hall–Kier alpha value is -2.68. The molecule has 8 heteroatoms. The van der Waals surface area contributed by atoms with Crippen molar-refractivity contribution in [1.29, 1.82) is 0 Å². The van der Waals surface area contributed by atoms with E-state index < -0.39 is 20.9 Å². The Morgan fingerprint density at radius 2 is 1.34 bits per heavy atom. The number of hydrogen-bond donors (Lipinski definition) is 1. The first kappa shape index (κ1) is 24.0. The van der Waals surface area contributed by atoms with E-state index in [9.17, 15) is 13.2 Å². The van der Waals surface area contributed by atoms with Crippen molar-refractivity contribution in [2.24, 2.45) is 0 Å².